The molecule has 3 heterocycles. The molecule has 3 N–H and O–H groups in total. The lowest BCUT2D eigenvalue weighted by atomic mass is 9.75. The summed E-state index contributed by atoms with van der Waals surface area (Å²) in [6.07, 6.45) is 8.57. The lowest BCUT2D eigenvalue weighted by Gasteiger charge is -2.46. The first kappa shape index (κ1) is 40.4. The molecule has 3 rings (SSSR count). The molecule has 2 aliphatic heterocycles. The molecule has 1 aromatic heterocycles. The predicted molar refractivity (Wildman–Crippen MR) is 197 cm³/mol. The number of hydrogen-bond acceptors (Lipinski definition) is 12. The maximum atomic E-state index is 12.6. The molecule has 1 aromatic rings. The van der Waals surface area contributed by atoms with Crippen LogP contribution in [0.15, 0.2) is 9.98 Å². The Morgan fingerprint density at radius 2 is 1.08 bits per heavy atom. The van der Waals surface area contributed by atoms with E-state index in [0.29, 0.717) is 25.0 Å². The van der Waals surface area contributed by atoms with Crippen LogP contribution in [0.3, 0.4) is 0 Å². The van der Waals surface area contributed by atoms with Gasteiger partial charge in [0.05, 0.1) is 13.2 Å². The average Bonchev–Trinajstić information content (AvgIpc) is 2.85. The number of nitrogens with one attached hydrogen (secondary N) is 3. The Labute approximate surface area is 294 Å². The molecule has 0 aromatic carbocycles. The van der Waals surface area contributed by atoms with Gasteiger partial charge in [0.2, 0.25) is 5.95 Å². The summed E-state index contributed by atoms with van der Waals surface area (Å²) in [6.45, 7) is 28.9. The van der Waals surface area contributed by atoms with Crippen LogP contribution >= 0.6 is 0 Å². The maximum Gasteiger partial charge on any atom is 0.349 e. The Bertz CT molecular complexity index is 1240. The second kappa shape index (κ2) is 15.5. The zero-order chi connectivity index (χ0) is 36.9. The van der Waals surface area contributed by atoms with E-state index in [2.05, 4.69) is 131 Å². The van der Waals surface area contributed by atoms with E-state index in [4.69, 9.17) is 9.47 Å². The van der Waals surface area contributed by atoms with E-state index in [9.17, 15) is 9.59 Å². The van der Waals surface area contributed by atoms with Crippen molar-refractivity contribution in [2.45, 2.75) is 163 Å². The second-order valence-corrected chi connectivity index (χ2v) is 18.8. The van der Waals surface area contributed by atoms with Crippen LogP contribution in [0, 0.1) is 17.3 Å². The summed E-state index contributed by atoms with van der Waals surface area (Å²) in [5.74, 6) is -0.0908. The number of carbonyl (C=O) groups is 2. The van der Waals surface area contributed by atoms with Crippen LogP contribution in [0.25, 0.3) is 0 Å². The molecule has 12 nitrogen and oxygen atoms in total. The highest BCUT2D eigenvalue weighted by Gasteiger charge is 2.38. The smallest absolute Gasteiger partial charge is 0.349 e. The highest BCUT2D eigenvalue weighted by molar-refractivity contribution is 6.24. The van der Waals surface area contributed by atoms with Gasteiger partial charge in [-0.3, -0.25) is 0 Å². The fourth-order valence-electron chi connectivity index (χ4n) is 8.62. The van der Waals surface area contributed by atoms with Gasteiger partial charge in [-0.25, -0.2) is 19.6 Å². The van der Waals surface area contributed by atoms with E-state index in [1.807, 2.05) is 0 Å². The molecule has 0 unspecified atom stereocenters. The lowest BCUT2D eigenvalue weighted by Crippen LogP contribution is -2.57. The number of rotatable bonds is 13. The van der Waals surface area contributed by atoms with E-state index < -0.39 is 11.9 Å². The molecule has 0 aliphatic carbocycles. The maximum absolute atomic E-state index is 12.6. The summed E-state index contributed by atoms with van der Waals surface area (Å²) in [4.78, 5) is 46.7. The van der Waals surface area contributed by atoms with Crippen molar-refractivity contribution in [3.8, 4) is 0 Å². The van der Waals surface area contributed by atoms with Crippen molar-refractivity contribution in [1.29, 1.82) is 0 Å². The van der Waals surface area contributed by atoms with Gasteiger partial charge >= 0.3 is 11.9 Å². The normalized spacial score (nSPS) is 21.2. The first-order valence-corrected chi connectivity index (χ1v) is 17.8. The monoisotopic (exact) mass is 685 g/mol. The Morgan fingerprint density at radius 1 is 0.714 bits per heavy atom. The van der Waals surface area contributed by atoms with Crippen molar-refractivity contribution >= 4 is 42.2 Å². The number of ether oxygens (including phenoxy) is 2. The van der Waals surface area contributed by atoms with Crippen molar-refractivity contribution in [2.24, 2.45) is 27.2 Å². The van der Waals surface area contributed by atoms with Crippen molar-refractivity contribution in [2.75, 3.05) is 18.5 Å². The fourth-order valence-corrected chi connectivity index (χ4v) is 8.62. The first-order valence-electron chi connectivity index (χ1n) is 17.8. The molecular formula is C37H64N8O4. The van der Waals surface area contributed by atoms with Gasteiger partial charge < -0.3 is 25.4 Å². The van der Waals surface area contributed by atoms with Gasteiger partial charge in [0.15, 0.2) is 0 Å². The molecule has 49 heavy (non-hydrogen) atoms. The van der Waals surface area contributed by atoms with Gasteiger partial charge in [-0.2, -0.15) is 15.0 Å². The number of piperidine rings is 2. The van der Waals surface area contributed by atoms with E-state index >= 15 is 0 Å². The Kier molecular flexibility index (Phi) is 12.8. The average molecular weight is 685 g/mol. The third-order valence-electron chi connectivity index (χ3n) is 8.70. The molecule has 2 saturated heterocycles. The summed E-state index contributed by atoms with van der Waals surface area (Å²) in [5.41, 5.74) is -0.219. The van der Waals surface area contributed by atoms with Gasteiger partial charge in [-0.15, -0.1) is 0 Å². The molecule has 2 fully saturated rings. The van der Waals surface area contributed by atoms with Crippen LogP contribution < -0.4 is 16.0 Å². The van der Waals surface area contributed by atoms with Crippen LogP contribution in [-0.4, -0.2) is 80.2 Å². The largest absolute Gasteiger partial charge is 0.461 e. The van der Waals surface area contributed by atoms with Crippen LogP contribution in [0.4, 0.5) is 17.8 Å². The van der Waals surface area contributed by atoms with E-state index in [-0.39, 0.29) is 51.0 Å². The summed E-state index contributed by atoms with van der Waals surface area (Å²) in [5, 5.41) is 10.7. The summed E-state index contributed by atoms with van der Waals surface area (Å²) in [6, 6.07) is 0. The molecule has 0 atom stereocenters. The van der Waals surface area contributed by atoms with Crippen molar-refractivity contribution in [3.63, 3.8) is 0 Å². The minimum Gasteiger partial charge on any atom is -0.461 e. The molecule has 0 amide bonds. The molecule has 0 spiro atoms. The molecule has 0 saturated carbocycles. The van der Waals surface area contributed by atoms with Crippen molar-refractivity contribution in [3.05, 3.63) is 0 Å². The Balaban J connectivity index is 1.65. The zero-order valence-corrected chi connectivity index (χ0v) is 32.5. The topological polar surface area (TPSA) is 152 Å². The lowest BCUT2D eigenvalue weighted by molar-refractivity contribution is -0.136. The molecule has 0 radical (unpaired) electrons. The summed E-state index contributed by atoms with van der Waals surface area (Å²) >= 11 is 0. The van der Waals surface area contributed by atoms with E-state index in [0.717, 1.165) is 57.4 Å². The summed E-state index contributed by atoms with van der Waals surface area (Å²) in [7, 11) is 0. The van der Waals surface area contributed by atoms with Gasteiger partial charge in [-0.1, -0.05) is 20.8 Å². The Hall–Kier alpha value is -2.99. The minimum absolute atomic E-state index is 0.0282. The van der Waals surface area contributed by atoms with Gasteiger partial charge in [0, 0.05) is 27.7 Å². The number of aromatic nitrogens is 3. The third-order valence-corrected chi connectivity index (χ3v) is 8.70. The third kappa shape index (κ3) is 15.2. The highest BCUT2D eigenvalue weighted by Crippen LogP contribution is 2.36. The molecule has 0 bridgehead atoms. The number of nitrogens with zero attached hydrogens (tertiary/aromatic N) is 5. The minimum atomic E-state index is -0.579. The van der Waals surface area contributed by atoms with Crippen molar-refractivity contribution in [1.82, 2.24) is 25.6 Å². The molecule has 12 heteroatoms. The van der Waals surface area contributed by atoms with E-state index in [1.54, 1.807) is 0 Å². The number of hydrogen-bond donors (Lipinski definition) is 3. The number of esters is 2. The summed E-state index contributed by atoms with van der Waals surface area (Å²) < 4.78 is 11.0. The molecule has 2 aliphatic rings. The number of anilines is 1. The quantitative estimate of drug-likeness (QED) is 0.148. The predicted octanol–water partition coefficient (Wildman–Crippen LogP) is 6.88. The van der Waals surface area contributed by atoms with Crippen LogP contribution in [0.5, 0.6) is 0 Å². The number of aliphatic imine (C=N–C) groups is 2. The van der Waals surface area contributed by atoms with Gasteiger partial charge in [-0.05, 0) is 131 Å². The highest BCUT2D eigenvalue weighted by atomic mass is 16.5. The van der Waals surface area contributed by atoms with E-state index in [1.165, 1.54) is 0 Å². The van der Waals surface area contributed by atoms with Crippen LogP contribution in [0.1, 0.15) is 135 Å². The van der Waals surface area contributed by atoms with Gasteiger partial charge in [0.1, 0.15) is 12.4 Å². The molecular weight excluding hydrogens is 620 g/mol. The van der Waals surface area contributed by atoms with Crippen LogP contribution in [0.2, 0.25) is 0 Å². The van der Waals surface area contributed by atoms with Crippen LogP contribution in [-0.2, 0) is 19.1 Å². The number of carbonyl (C=O) groups excluding carboxylic acids is 2. The standard InChI is InChI=1S/C37H64N8O4/c1-32(2,3)24-37(12,13)43-31-41-29(38-22-27(46)48-16-14-25-18-33(4,5)44-34(6,7)19-25)40-30(42-31)39-23-28(47)49-17-15-26-20-35(8,9)45-36(10,11)21-26/h22-23,25-26,44-45H,14-21,24H2,1-13H3,(H,40,41,42,43). The molecule has 276 valence electrons. The van der Waals surface area contributed by atoms with Crippen molar-refractivity contribution < 1.29 is 19.1 Å². The van der Waals surface area contributed by atoms with Gasteiger partial charge in [0.25, 0.3) is 11.9 Å². The first-order chi connectivity index (χ1) is 22.3. The fraction of sp³-hybridized carbons (Fsp3) is 0.811. The second-order valence-electron chi connectivity index (χ2n) is 18.8. The zero-order valence-electron chi connectivity index (χ0n) is 32.5. The Morgan fingerprint density at radius 3 is 1.43 bits per heavy atom. The SMILES string of the molecule is CC(C)(C)CC(C)(C)Nc1nc(N=CC(=O)OCCC2CC(C)(C)NC(C)(C)C2)nc(N=CC(=O)OCCC2CC(C)(C)NC(C)(C)C2)n1.